The van der Waals surface area contributed by atoms with E-state index in [2.05, 4.69) is 26.3 Å². The number of rotatable bonds is 16. The van der Waals surface area contributed by atoms with E-state index in [-0.39, 0.29) is 53.2 Å². The second kappa shape index (κ2) is 17.3. The normalized spacial score (nSPS) is 18.4. The van der Waals surface area contributed by atoms with E-state index >= 15 is 0 Å². The van der Waals surface area contributed by atoms with Crippen molar-refractivity contribution in [2.45, 2.75) is 43.1 Å². The third-order valence-electron chi connectivity index (χ3n) is 11.5. The van der Waals surface area contributed by atoms with Gasteiger partial charge in [-0.2, -0.15) is 0 Å². The highest BCUT2D eigenvalue weighted by molar-refractivity contribution is 5.91. The van der Waals surface area contributed by atoms with Gasteiger partial charge in [0.25, 0.3) is 0 Å². The Morgan fingerprint density at radius 2 is 1.39 bits per heavy atom. The number of fused-ring (bicyclic) bond motifs is 2. The predicted octanol–water partition coefficient (Wildman–Crippen LogP) is 14.1. The maximum Gasteiger partial charge on any atom is 0.149 e. The van der Waals surface area contributed by atoms with Crippen LogP contribution in [0.25, 0.3) is 16.7 Å². The maximum absolute atomic E-state index is 10.4. The first-order valence-electron chi connectivity index (χ1n) is 23.6. The molecule has 6 aromatic carbocycles. The molecular formula is C57H51NO. The lowest BCUT2D eigenvalue weighted by atomic mass is 9.67. The van der Waals surface area contributed by atoms with E-state index in [1.807, 2.05) is 140 Å². The maximum atomic E-state index is 10.4. The van der Waals surface area contributed by atoms with Crippen LogP contribution in [0.4, 0.5) is 5.69 Å². The summed E-state index contributed by atoms with van der Waals surface area (Å²) in [6, 6.07) is 39.4. The van der Waals surface area contributed by atoms with Gasteiger partial charge in [-0.1, -0.05) is 171 Å². The molecule has 1 aliphatic carbocycles. The Kier molecular flexibility index (Phi) is 9.13. The van der Waals surface area contributed by atoms with Crippen LogP contribution < -0.4 is 9.64 Å². The topological polar surface area (TPSA) is 12.5 Å². The summed E-state index contributed by atoms with van der Waals surface area (Å²) >= 11 is 0. The van der Waals surface area contributed by atoms with Crippen LogP contribution >= 0.6 is 0 Å². The number of nitrogens with zero attached hydrogens (tertiary/aromatic N) is 1. The number of ether oxygens (including phenoxy) is 1. The summed E-state index contributed by atoms with van der Waals surface area (Å²) < 4.78 is 73.4. The molecule has 0 fully saturated rings. The van der Waals surface area contributed by atoms with Crippen molar-refractivity contribution in [3.8, 4) is 16.9 Å². The van der Waals surface area contributed by atoms with Crippen LogP contribution in [-0.2, 0) is 18.3 Å². The van der Waals surface area contributed by atoms with Gasteiger partial charge in [0.05, 0.1) is 20.7 Å². The third-order valence-corrected chi connectivity index (χ3v) is 11.5. The van der Waals surface area contributed by atoms with Crippen LogP contribution in [0.15, 0.2) is 232 Å². The number of aryl methyl sites for hydroxylation is 2. The molecule has 0 bridgehead atoms. The molecule has 0 saturated heterocycles. The second-order valence-electron chi connectivity index (χ2n) is 14.8. The minimum absolute atomic E-state index is 0.102. The lowest BCUT2D eigenvalue weighted by molar-refractivity contribution is 0.255. The fourth-order valence-corrected chi connectivity index (χ4v) is 8.62. The first-order chi connectivity index (χ1) is 32.0. The van der Waals surface area contributed by atoms with Crippen molar-refractivity contribution in [3.63, 3.8) is 0 Å². The summed E-state index contributed by atoms with van der Waals surface area (Å²) in [7, 11) is 0. The van der Waals surface area contributed by atoms with E-state index in [1.54, 1.807) is 6.08 Å². The van der Waals surface area contributed by atoms with E-state index in [0.717, 1.165) is 59.2 Å². The van der Waals surface area contributed by atoms with Crippen molar-refractivity contribution < 1.29 is 14.3 Å². The lowest BCUT2D eigenvalue weighted by Crippen LogP contribution is -2.31. The van der Waals surface area contributed by atoms with E-state index in [1.165, 1.54) is 11.1 Å². The van der Waals surface area contributed by atoms with Gasteiger partial charge in [0.2, 0.25) is 0 Å². The molecule has 0 amide bonds. The minimum Gasteiger partial charge on any atom is -0.483 e. The molecule has 2 nitrogen and oxygen atoms in total. The Labute approximate surface area is 360 Å². The first kappa shape index (κ1) is 31.1. The molecule has 2 unspecified atom stereocenters. The van der Waals surface area contributed by atoms with Gasteiger partial charge in [-0.15, -0.1) is 19.7 Å². The van der Waals surface area contributed by atoms with Gasteiger partial charge in [0.15, 0.2) is 0 Å². The molecule has 0 N–H and O–H groups in total. The zero-order chi connectivity index (χ0) is 46.7. The van der Waals surface area contributed by atoms with Crippen molar-refractivity contribution >= 4 is 11.3 Å². The number of hydrogen-bond acceptors (Lipinski definition) is 2. The molecule has 2 heteroatoms. The number of allylic oxidation sites excluding steroid dienone is 6. The summed E-state index contributed by atoms with van der Waals surface area (Å²) in [6.07, 6.45) is 9.16. The zero-order valence-electron chi connectivity index (χ0n) is 40.2. The molecule has 0 aromatic heterocycles. The van der Waals surface area contributed by atoms with Crippen LogP contribution in [0, 0.1) is 0 Å². The fraction of sp³-hybridized carbons (Fsp3) is 0.123. The monoisotopic (exact) mass is 772 g/mol. The van der Waals surface area contributed by atoms with Crippen molar-refractivity contribution in [1.82, 2.24) is 0 Å². The Hall–Kier alpha value is -6.90. The van der Waals surface area contributed by atoms with Crippen LogP contribution in [0.2, 0.25) is 0 Å². The molecular weight excluding hydrogens is 715 g/mol. The van der Waals surface area contributed by atoms with Crippen molar-refractivity contribution in [2.75, 3.05) is 4.90 Å². The summed E-state index contributed by atoms with van der Waals surface area (Å²) in [6.45, 7) is 17.5. The minimum atomic E-state index is -1.17. The van der Waals surface area contributed by atoms with Gasteiger partial charge in [0, 0.05) is 23.4 Å². The molecule has 0 saturated carbocycles. The zero-order valence-corrected chi connectivity index (χ0v) is 33.2. The molecule has 6 aromatic rings. The smallest absolute Gasteiger partial charge is 0.149 e. The van der Waals surface area contributed by atoms with Gasteiger partial charge in [-0.3, -0.25) is 0 Å². The molecule has 2 aliphatic rings. The number of hydrogen-bond donors (Lipinski definition) is 0. The average molecular weight is 773 g/mol. The molecule has 8 rings (SSSR count). The Morgan fingerprint density at radius 3 is 2.07 bits per heavy atom. The fourth-order valence-electron chi connectivity index (χ4n) is 8.62. The summed E-state index contributed by atoms with van der Waals surface area (Å²) in [4.78, 5) is 1.47. The summed E-state index contributed by atoms with van der Waals surface area (Å²) in [5, 5.41) is 0. The molecule has 290 valence electrons. The molecule has 2 atom stereocenters. The molecule has 1 heterocycles. The Morgan fingerprint density at radius 1 is 0.746 bits per heavy atom. The highest BCUT2D eigenvalue weighted by Gasteiger charge is 2.46. The van der Waals surface area contributed by atoms with Crippen LogP contribution in [0.3, 0.4) is 0 Å². The van der Waals surface area contributed by atoms with Crippen molar-refractivity contribution in [2.24, 2.45) is 0 Å². The number of anilines is 1. The number of benzene rings is 6. The highest BCUT2D eigenvalue weighted by Crippen LogP contribution is 2.55. The van der Waals surface area contributed by atoms with Gasteiger partial charge in [0.1, 0.15) is 11.9 Å². The largest absolute Gasteiger partial charge is 0.483 e. The molecule has 1 aliphatic heterocycles. The van der Waals surface area contributed by atoms with E-state index in [0.29, 0.717) is 34.4 Å². The van der Waals surface area contributed by atoms with E-state index in [9.17, 15) is 8.22 Å². The highest BCUT2D eigenvalue weighted by atomic mass is 16.5. The second-order valence-corrected chi connectivity index (χ2v) is 14.8. The van der Waals surface area contributed by atoms with Crippen molar-refractivity contribution in [3.05, 3.63) is 271 Å². The molecule has 0 radical (unpaired) electrons. The summed E-state index contributed by atoms with van der Waals surface area (Å²) in [5.74, 6) is 0.204. The molecule has 0 spiro atoms. The Bertz CT molecular complexity index is 2900. The Balaban J connectivity index is 1.40. The summed E-state index contributed by atoms with van der Waals surface area (Å²) in [5.41, 5.74) is 6.65. The first-order valence-corrected chi connectivity index (χ1v) is 20.0. The van der Waals surface area contributed by atoms with Gasteiger partial charge in [-0.05, 0) is 106 Å². The third kappa shape index (κ3) is 7.17. The lowest BCUT2D eigenvalue weighted by Gasteiger charge is -2.35. The van der Waals surface area contributed by atoms with Gasteiger partial charge < -0.3 is 9.64 Å². The predicted molar refractivity (Wildman–Crippen MR) is 250 cm³/mol. The van der Waals surface area contributed by atoms with Crippen LogP contribution in [0.5, 0.6) is 5.75 Å². The van der Waals surface area contributed by atoms with E-state index in [4.69, 9.17) is 6.11 Å². The van der Waals surface area contributed by atoms with Gasteiger partial charge in [-0.25, -0.2) is 0 Å². The van der Waals surface area contributed by atoms with Crippen molar-refractivity contribution in [1.29, 1.82) is 0 Å². The number of para-hydroxylation sites is 1. The van der Waals surface area contributed by atoms with E-state index < -0.39 is 17.4 Å². The van der Waals surface area contributed by atoms with Crippen LogP contribution in [-0.4, -0.2) is 6.10 Å². The molecule has 59 heavy (non-hydrogen) atoms. The average Bonchev–Trinajstić information content (AvgIpc) is 3.89. The van der Waals surface area contributed by atoms with Gasteiger partial charge >= 0.3 is 0 Å². The quantitative estimate of drug-likeness (QED) is 0.0909. The standard InChI is InChI=1S/C57H51NO/c1-6-10-22-42-32-33-45(40-44(42)23-11-7-2)43-34-36-48(37-35-43)58(41(5)56-50(9-4)52-29-19-21-31-55(52)59-56)39-38-54-49(8-3)51-28-18-20-30-53(51)57(54,46-24-14-12-15-25-46)47-26-16-13-17-27-47/h6-9,12-21,24-40,50,56H,1-5,10-11,22-23H2/b39-38+/i3D,8D,34D,35D,36D,37D,38D/b8-3?,39-38+. The van der Waals surface area contributed by atoms with Crippen LogP contribution in [0.1, 0.15) is 67.3 Å². The SMILES string of the molecule is [2H]C=C([2H])C1=C(/C([2H])=C/N(C(=C)C2Oc3ccccc3C2C=C)c2c([2H])c([2H])c(-c3ccc(CCC=C)c(CCC=C)c3)c([2H])c2[2H])C(c2ccccc2)(c2ccccc2)c2ccccc21.